The van der Waals surface area contributed by atoms with Crippen LogP contribution < -0.4 is 10.1 Å². The number of anilines is 1. The second-order valence-electron chi connectivity index (χ2n) is 13.2. The van der Waals surface area contributed by atoms with Crippen molar-refractivity contribution in [2.45, 2.75) is 77.7 Å². The number of benzene rings is 2. The van der Waals surface area contributed by atoms with E-state index in [9.17, 15) is 24.6 Å². The van der Waals surface area contributed by atoms with E-state index < -0.39 is 12.0 Å². The van der Waals surface area contributed by atoms with Crippen LogP contribution in [0.25, 0.3) is 0 Å². The van der Waals surface area contributed by atoms with Gasteiger partial charge in [0.25, 0.3) is 5.91 Å². The van der Waals surface area contributed by atoms with Crippen LogP contribution in [0.4, 0.5) is 5.69 Å². The summed E-state index contributed by atoms with van der Waals surface area (Å²) in [6, 6.07) is 11.6. The number of carboxylic acids is 1. The first-order valence-electron chi connectivity index (χ1n) is 16.7. The Morgan fingerprint density at radius 1 is 1.09 bits per heavy atom. The van der Waals surface area contributed by atoms with Gasteiger partial charge in [-0.15, -0.1) is 0 Å². The van der Waals surface area contributed by atoms with Crippen molar-refractivity contribution >= 4 is 23.5 Å². The molecule has 1 heterocycles. The Hall–Kier alpha value is -3.51. The maximum atomic E-state index is 14.3. The number of hydrogen-bond acceptors (Lipinski definition) is 8. The lowest BCUT2D eigenvalue weighted by Crippen LogP contribution is -2.47. The predicted octanol–water partition coefficient (Wildman–Crippen LogP) is 4.59. The van der Waals surface area contributed by atoms with Crippen LogP contribution in [0.15, 0.2) is 42.5 Å². The zero-order valence-corrected chi connectivity index (χ0v) is 28.9. The Labute approximate surface area is 279 Å². The normalized spacial score (nSPS) is 20.3. The second kappa shape index (κ2) is 18.7. The van der Waals surface area contributed by atoms with Gasteiger partial charge in [-0.3, -0.25) is 14.5 Å². The number of aliphatic hydroxyl groups is 1. The molecule has 260 valence electrons. The maximum absolute atomic E-state index is 14.3. The summed E-state index contributed by atoms with van der Waals surface area (Å²) < 4.78 is 12.8. The van der Waals surface area contributed by atoms with E-state index in [1.807, 2.05) is 52.0 Å². The molecule has 0 saturated carbocycles. The lowest BCUT2D eigenvalue weighted by atomic mass is 10.0. The molecule has 2 amide bonds. The van der Waals surface area contributed by atoms with Crippen LogP contribution in [-0.4, -0.2) is 115 Å². The number of aromatic carboxylic acids is 1. The minimum absolute atomic E-state index is 0.0874. The maximum Gasteiger partial charge on any atom is 0.335 e. The molecular formula is C36H54N4O7. The number of nitrogens with one attached hydrogen (secondary N) is 1. The van der Waals surface area contributed by atoms with Crippen LogP contribution in [0.2, 0.25) is 0 Å². The summed E-state index contributed by atoms with van der Waals surface area (Å²) in [5, 5.41) is 22.4. The van der Waals surface area contributed by atoms with Crippen LogP contribution in [0.1, 0.15) is 79.2 Å². The smallest absolute Gasteiger partial charge is 0.335 e. The van der Waals surface area contributed by atoms with E-state index in [1.54, 1.807) is 35.2 Å². The van der Waals surface area contributed by atoms with Gasteiger partial charge in [-0.05, 0) is 103 Å². The van der Waals surface area contributed by atoms with Gasteiger partial charge in [0.1, 0.15) is 5.75 Å². The molecule has 0 saturated heterocycles. The monoisotopic (exact) mass is 654 g/mol. The fourth-order valence-electron chi connectivity index (χ4n) is 5.68. The predicted molar refractivity (Wildman–Crippen MR) is 183 cm³/mol. The number of carbonyl (C=O) groups excluding carboxylic acids is 2. The number of carboxylic acid groups (broad SMARTS) is 1. The minimum atomic E-state index is -0.955. The van der Waals surface area contributed by atoms with Crippen molar-refractivity contribution < 1.29 is 34.1 Å². The van der Waals surface area contributed by atoms with E-state index in [4.69, 9.17) is 9.47 Å². The average Bonchev–Trinajstić information content (AvgIpc) is 3.02. The number of amides is 2. The van der Waals surface area contributed by atoms with Gasteiger partial charge >= 0.3 is 5.97 Å². The summed E-state index contributed by atoms with van der Waals surface area (Å²) in [5.74, 6) is -0.995. The van der Waals surface area contributed by atoms with Gasteiger partial charge in [0, 0.05) is 44.3 Å². The van der Waals surface area contributed by atoms with Gasteiger partial charge < -0.3 is 34.8 Å². The summed E-state index contributed by atoms with van der Waals surface area (Å²) >= 11 is 0. The Balaban J connectivity index is 1.85. The van der Waals surface area contributed by atoms with E-state index in [-0.39, 0.29) is 42.1 Å². The van der Waals surface area contributed by atoms with Crippen molar-refractivity contribution in [3.63, 3.8) is 0 Å². The third-order valence-corrected chi connectivity index (χ3v) is 8.49. The number of fused-ring (bicyclic) bond motifs is 1. The van der Waals surface area contributed by atoms with Gasteiger partial charge in [-0.2, -0.15) is 0 Å². The first kappa shape index (κ1) is 37.9. The number of nitrogens with zero attached hydrogens (tertiary/aromatic N) is 3. The molecule has 4 atom stereocenters. The van der Waals surface area contributed by atoms with Gasteiger partial charge in [-0.1, -0.05) is 19.1 Å². The summed E-state index contributed by atoms with van der Waals surface area (Å²) in [7, 11) is 5.93. The topological polar surface area (TPSA) is 132 Å². The Bertz CT molecular complexity index is 1300. The van der Waals surface area contributed by atoms with Gasteiger partial charge in [0.05, 0.1) is 36.0 Å². The average molecular weight is 655 g/mol. The van der Waals surface area contributed by atoms with Crippen molar-refractivity contribution in [3.8, 4) is 5.75 Å². The van der Waals surface area contributed by atoms with E-state index in [0.717, 1.165) is 37.8 Å². The molecule has 2 aromatic carbocycles. The molecule has 0 fully saturated rings. The molecule has 0 spiro atoms. The van der Waals surface area contributed by atoms with Crippen LogP contribution in [0.5, 0.6) is 5.75 Å². The highest BCUT2D eigenvalue weighted by molar-refractivity contribution is 5.99. The summed E-state index contributed by atoms with van der Waals surface area (Å²) in [5.41, 5.74) is 2.10. The van der Waals surface area contributed by atoms with Crippen molar-refractivity contribution in [2.75, 3.05) is 59.3 Å². The largest absolute Gasteiger partial charge is 0.490 e. The summed E-state index contributed by atoms with van der Waals surface area (Å²) in [4.78, 5) is 44.1. The highest BCUT2D eigenvalue weighted by Gasteiger charge is 2.30. The van der Waals surface area contributed by atoms with Crippen LogP contribution >= 0.6 is 0 Å². The number of rotatable bonds is 12. The molecule has 0 radical (unpaired) electrons. The lowest BCUT2D eigenvalue weighted by molar-refractivity contribution is -0.116. The standard InChI is InChI=1S/C36H54N4O7/c1-25-21-40(26(2)24-41)35(43)31-20-30(37-34(42)11-9-18-38(4)5)16-17-32(31)47-27(3)10-7-8-19-46-33(25)23-39(6)22-28-12-14-29(15-13-28)36(44)45/h12-17,20,25-27,33,41H,7-11,18-19,21-24H2,1-6H3,(H,37,42)(H,44,45)/t25-,26+,27-,33+/m1/s1. The van der Waals surface area contributed by atoms with Crippen molar-refractivity contribution in [1.82, 2.24) is 14.7 Å². The third kappa shape index (κ3) is 12.2. The SMILES string of the molecule is C[C@@H]1CCCCO[C@@H](CN(C)Cc2ccc(C(=O)O)cc2)[C@H](C)CN([C@@H](C)CO)C(=O)c2cc(NC(=O)CCCN(C)C)ccc2O1. The minimum Gasteiger partial charge on any atom is -0.490 e. The van der Waals surface area contributed by atoms with E-state index in [0.29, 0.717) is 49.7 Å². The third-order valence-electron chi connectivity index (χ3n) is 8.49. The van der Waals surface area contributed by atoms with E-state index in [1.165, 1.54) is 0 Å². The first-order valence-corrected chi connectivity index (χ1v) is 16.7. The van der Waals surface area contributed by atoms with Crippen molar-refractivity contribution in [1.29, 1.82) is 0 Å². The highest BCUT2D eigenvalue weighted by Crippen LogP contribution is 2.29. The molecule has 47 heavy (non-hydrogen) atoms. The van der Waals surface area contributed by atoms with Gasteiger partial charge in [-0.25, -0.2) is 4.79 Å². The summed E-state index contributed by atoms with van der Waals surface area (Å²) in [6.45, 7) is 8.54. The first-order chi connectivity index (χ1) is 22.4. The molecule has 2 aromatic rings. The van der Waals surface area contributed by atoms with Crippen LogP contribution in [0.3, 0.4) is 0 Å². The fraction of sp³-hybridized carbons (Fsp3) is 0.583. The van der Waals surface area contributed by atoms with Gasteiger partial charge in [0.2, 0.25) is 5.91 Å². The number of ether oxygens (including phenoxy) is 2. The molecule has 1 aliphatic rings. The van der Waals surface area contributed by atoms with E-state index >= 15 is 0 Å². The molecule has 3 N–H and O–H groups in total. The molecule has 0 unspecified atom stereocenters. The zero-order valence-electron chi connectivity index (χ0n) is 28.9. The van der Waals surface area contributed by atoms with E-state index in [2.05, 4.69) is 17.1 Å². The molecular weight excluding hydrogens is 600 g/mol. The van der Waals surface area contributed by atoms with Gasteiger partial charge in [0.15, 0.2) is 0 Å². The molecule has 1 aliphatic heterocycles. The van der Waals surface area contributed by atoms with Crippen molar-refractivity contribution in [3.05, 3.63) is 59.2 Å². The molecule has 11 nitrogen and oxygen atoms in total. The van der Waals surface area contributed by atoms with Crippen LogP contribution in [0, 0.1) is 5.92 Å². The zero-order chi connectivity index (χ0) is 34.5. The molecule has 0 bridgehead atoms. The number of hydrogen-bond donors (Lipinski definition) is 3. The Morgan fingerprint density at radius 3 is 2.47 bits per heavy atom. The molecule has 0 aliphatic carbocycles. The second-order valence-corrected chi connectivity index (χ2v) is 13.2. The Morgan fingerprint density at radius 2 is 1.81 bits per heavy atom. The number of carbonyl (C=O) groups is 3. The summed E-state index contributed by atoms with van der Waals surface area (Å²) in [6.07, 6.45) is 3.27. The van der Waals surface area contributed by atoms with Crippen molar-refractivity contribution in [2.24, 2.45) is 5.92 Å². The molecule has 0 aromatic heterocycles. The number of aliphatic hydroxyl groups excluding tert-OH is 1. The highest BCUT2D eigenvalue weighted by atomic mass is 16.5. The fourth-order valence-corrected chi connectivity index (χ4v) is 5.68. The molecule has 3 rings (SSSR count). The lowest BCUT2D eigenvalue weighted by Gasteiger charge is -2.36. The van der Waals surface area contributed by atoms with Crippen LogP contribution in [-0.2, 0) is 16.1 Å². The Kier molecular flexibility index (Phi) is 15.1. The number of likely N-dealkylation sites (N-methyl/N-ethyl adjacent to an activating group) is 1. The molecule has 11 heteroatoms. The quantitative estimate of drug-likeness (QED) is 0.301.